The number of benzene rings is 3. The van der Waals surface area contributed by atoms with Crippen molar-refractivity contribution in [2.24, 2.45) is 0 Å². The van der Waals surface area contributed by atoms with Crippen molar-refractivity contribution in [2.45, 2.75) is 0 Å². The maximum Gasteiger partial charge on any atom is 0.256 e. The van der Waals surface area contributed by atoms with E-state index in [1.54, 1.807) is 24.3 Å². The average Bonchev–Trinajstić information content (AvgIpc) is 3.05. The van der Waals surface area contributed by atoms with E-state index in [-0.39, 0.29) is 5.91 Å². The molecule has 4 nitrogen and oxygen atoms in total. The number of oxazole rings is 1. The van der Waals surface area contributed by atoms with Crippen LogP contribution in [0.4, 0.5) is 5.69 Å². The molecule has 0 aliphatic carbocycles. The molecule has 0 fully saturated rings. The van der Waals surface area contributed by atoms with Crippen molar-refractivity contribution >= 4 is 56.9 Å². The van der Waals surface area contributed by atoms with E-state index >= 15 is 0 Å². The van der Waals surface area contributed by atoms with Crippen LogP contribution in [0.2, 0.25) is 5.02 Å². The SMILES string of the molecule is O=C(Nc1ccccc1-c1nc2cc(Cl)ccc2o1)c1ccccc1I. The van der Waals surface area contributed by atoms with Crippen LogP contribution >= 0.6 is 34.2 Å². The first-order valence-corrected chi connectivity index (χ1v) is 9.29. The van der Waals surface area contributed by atoms with Gasteiger partial charge in [0.15, 0.2) is 5.58 Å². The number of anilines is 1. The predicted molar refractivity (Wildman–Crippen MR) is 112 cm³/mol. The molecule has 0 saturated carbocycles. The van der Waals surface area contributed by atoms with E-state index in [1.165, 1.54) is 0 Å². The fourth-order valence-electron chi connectivity index (χ4n) is 2.63. The Balaban J connectivity index is 1.72. The lowest BCUT2D eigenvalue weighted by molar-refractivity contribution is 0.102. The van der Waals surface area contributed by atoms with Gasteiger partial charge in [-0.3, -0.25) is 4.79 Å². The quantitative estimate of drug-likeness (QED) is 0.370. The number of carbonyl (C=O) groups excluding carboxylic acids is 1. The Hall–Kier alpha value is -2.38. The first kappa shape index (κ1) is 17.1. The molecule has 4 aromatic rings. The lowest BCUT2D eigenvalue weighted by Gasteiger charge is -2.09. The second kappa shape index (κ2) is 7.09. The summed E-state index contributed by atoms with van der Waals surface area (Å²) in [7, 11) is 0. The Kier molecular flexibility index (Phi) is 4.65. The van der Waals surface area contributed by atoms with Crippen molar-refractivity contribution in [1.29, 1.82) is 0 Å². The molecule has 1 aromatic heterocycles. The fourth-order valence-corrected chi connectivity index (χ4v) is 3.43. The van der Waals surface area contributed by atoms with Gasteiger partial charge in [-0.1, -0.05) is 35.9 Å². The first-order chi connectivity index (χ1) is 12.6. The molecule has 0 spiro atoms. The van der Waals surface area contributed by atoms with Crippen LogP contribution < -0.4 is 5.32 Å². The van der Waals surface area contributed by atoms with Gasteiger partial charge in [0.25, 0.3) is 5.91 Å². The maximum absolute atomic E-state index is 12.7. The van der Waals surface area contributed by atoms with Gasteiger partial charge in [0, 0.05) is 8.59 Å². The highest BCUT2D eigenvalue weighted by Crippen LogP contribution is 2.31. The minimum atomic E-state index is -0.179. The molecule has 0 aliphatic rings. The lowest BCUT2D eigenvalue weighted by atomic mass is 10.1. The Morgan fingerprint density at radius 2 is 1.81 bits per heavy atom. The van der Waals surface area contributed by atoms with Gasteiger partial charge in [-0.25, -0.2) is 4.98 Å². The number of amides is 1. The number of hydrogen-bond donors (Lipinski definition) is 1. The van der Waals surface area contributed by atoms with Gasteiger partial charge in [-0.2, -0.15) is 0 Å². The van der Waals surface area contributed by atoms with E-state index in [0.29, 0.717) is 38.8 Å². The molecule has 1 heterocycles. The van der Waals surface area contributed by atoms with Crippen LogP contribution in [0.3, 0.4) is 0 Å². The average molecular weight is 475 g/mol. The van der Waals surface area contributed by atoms with E-state index < -0.39 is 0 Å². The molecular formula is C20H12ClIN2O2. The zero-order valence-corrected chi connectivity index (χ0v) is 16.3. The molecule has 0 saturated heterocycles. The Morgan fingerprint density at radius 1 is 1.04 bits per heavy atom. The maximum atomic E-state index is 12.7. The van der Waals surface area contributed by atoms with Crippen LogP contribution in [-0.2, 0) is 0 Å². The summed E-state index contributed by atoms with van der Waals surface area (Å²) in [5.41, 5.74) is 3.27. The van der Waals surface area contributed by atoms with Crippen LogP contribution in [-0.4, -0.2) is 10.9 Å². The smallest absolute Gasteiger partial charge is 0.256 e. The zero-order chi connectivity index (χ0) is 18.1. The molecule has 0 unspecified atom stereocenters. The van der Waals surface area contributed by atoms with Crippen LogP contribution in [0.15, 0.2) is 71.1 Å². The third-order valence-electron chi connectivity index (χ3n) is 3.87. The number of nitrogens with zero attached hydrogens (tertiary/aromatic N) is 1. The summed E-state index contributed by atoms with van der Waals surface area (Å²) in [4.78, 5) is 17.1. The largest absolute Gasteiger partial charge is 0.436 e. The summed E-state index contributed by atoms with van der Waals surface area (Å²) in [6, 6.07) is 20.1. The van der Waals surface area contributed by atoms with E-state index in [0.717, 1.165) is 3.57 Å². The second-order valence-corrected chi connectivity index (χ2v) is 7.21. The number of hydrogen-bond acceptors (Lipinski definition) is 3. The number of carbonyl (C=O) groups is 1. The molecule has 26 heavy (non-hydrogen) atoms. The van der Waals surface area contributed by atoms with Gasteiger partial charge in [0.05, 0.1) is 16.8 Å². The van der Waals surface area contributed by atoms with Crippen molar-refractivity contribution < 1.29 is 9.21 Å². The molecule has 6 heteroatoms. The van der Waals surface area contributed by atoms with E-state index in [2.05, 4.69) is 32.9 Å². The minimum absolute atomic E-state index is 0.179. The van der Waals surface area contributed by atoms with Crippen molar-refractivity contribution in [3.63, 3.8) is 0 Å². The van der Waals surface area contributed by atoms with Crippen molar-refractivity contribution in [3.8, 4) is 11.5 Å². The third-order valence-corrected chi connectivity index (χ3v) is 5.05. The number of nitrogens with one attached hydrogen (secondary N) is 1. The number of rotatable bonds is 3. The van der Waals surface area contributed by atoms with Gasteiger partial charge in [0.2, 0.25) is 5.89 Å². The van der Waals surface area contributed by atoms with Gasteiger partial charge in [0.1, 0.15) is 5.52 Å². The van der Waals surface area contributed by atoms with Gasteiger partial charge in [-0.05, 0) is 65.1 Å². The van der Waals surface area contributed by atoms with Crippen LogP contribution in [0.25, 0.3) is 22.6 Å². The predicted octanol–water partition coefficient (Wildman–Crippen LogP) is 6.01. The third kappa shape index (κ3) is 3.32. The van der Waals surface area contributed by atoms with Gasteiger partial charge < -0.3 is 9.73 Å². The summed E-state index contributed by atoms with van der Waals surface area (Å²) in [5.74, 6) is 0.252. The highest BCUT2D eigenvalue weighted by molar-refractivity contribution is 14.1. The fraction of sp³-hybridized carbons (Fsp3) is 0. The molecule has 0 bridgehead atoms. The minimum Gasteiger partial charge on any atom is -0.436 e. The van der Waals surface area contributed by atoms with E-state index in [4.69, 9.17) is 16.0 Å². The molecular weight excluding hydrogens is 463 g/mol. The standard InChI is InChI=1S/C20H12ClIN2O2/c21-12-9-10-18-17(11-12)24-20(26-18)14-6-2-4-8-16(14)23-19(25)13-5-1-3-7-15(13)22/h1-11H,(H,23,25). The van der Waals surface area contributed by atoms with Crippen molar-refractivity contribution in [1.82, 2.24) is 4.98 Å². The summed E-state index contributed by atoms with van der Waals surface area (Å²) in [5, 5.41) is 3.55. The Labute approximate surface area is 168 Å². The number of fused-ring (bicyclic) bond motifs is 1. The van der Waals surface area contributed by atoms with E-state index in [1.807, 2.05) is 42.5 Å². The number of para-hydroxylation sites is 1. The van der Waals surface area contributed by atoms with Crippen LogP contribution in [0, 0.1) is 3.57 Å². The molecule has 128 valence electrons. The second-order valence-electron chi connectivity index (χ2n) is 5.61. The van der Waals surface area contributed by atoms with Crippen LogP contribution in [0.5, 0.6) is 0 Å². The molecule has 1 N–H and O–H groups in total. The van der Waals surface area contributed by atoms with Crippen molar-refractivity contribution in [2.75, 3.05) is 5.32 Å². The topological polar surface area (TPSA) is 55.1 Å². The monoisotopic (exact) mass is 474 g/mol. The number of halogens is 2. The molecule has 3 aromatic carbocycles. The molecule has 0 aliphatic heterocycles. The van der Waals surface area contributed by atoms with Crippen molar-refractivity contribution in [3.05, 3.63) is 80.9 Å². The first-order valence-electron chi connectivity index (χ1n) is 7.83. The normalized spacial score (nSPS) is 10.8. The Morgan fingerprint density at radius 3 is 2.65 bits per heavy atom. The highest BCUT2D eigenvalue weighted by Gasteiger charge is 2.16. The Bertz CT molecular complexity index is 1120. The highest BCUT2D eigenvalue weighted by atomic mass is 127. The molecule has 0 radical (unpaired) electrons. The zero-order valence-electron chi connectivity index (χ0n) is 13.4. The molecule has 4 rings (SSSR count). The lowest BCUT2D eigenvalue weighted by Crippen LogP contribution is -2.14. The molecule has 1 amide bonds. The summed E-state index contributed by atoms with van der Waals surface area (Å²) in [6.07, 6.45) is 0. The number of aromatic nitrogens is 1. The van der Waals surface area contributed by atoms with Gasteiger partial charge in [-0.15, -0.1) is 0 Å². The summed E-state index contributed by atoms with van der Waals surface area (Å²) in [6.45, 7) is 0. The van der Waals surface area contributed by atoms with Gasteiger partial charge >= 0.3 is 0 Å². The van der Waals surface area contributed by atoms with Crippen LogP contribution in [0.1, 0.15) is 10.4 Å². The summed E-state index contributed by atoms with van der Waals surface area (Å²) < 4.78 is 6.72. The summed E-state index contributed by atoms with van der Waals surface area (Å²) >= 11 is 8.16. The van der Waals surface area contributed by atoms with E-state index in [9.17, 15) is 4.79 Å². The molecule has 0 atom stereocenters.